The molecule has 1 aliphatic carbocycles. The Morgan fingerprint density at radius 3 is 2.59 bits per heavy atom. The zero-order valence-corrected chi connectivity index (χ0v) is 10.4. The van der Waals surface area contributed by atoms with Crippen LogP contribution in [0.5, 0.6) is 0 Å². The molecule has 6 heteroatoms. The third kappa shape index (κ3) is 3.89. The molecule has 98 valence electrons. The molecular formula is C11H20N2O4. The lowest BCUT2D eigenvalue weighted by atomic mass is 10.1. The van der Waals surface area contributed by atoms with E-state index in [4.69, 9.17) is 9.84 Å². The minimum atomic E-state index is -0.824. The predicted molar refractivity (Wildman–Crippen MR) is 61.8 cm³/mol. The number of carboxylic acid groups (broad SMARTS) is 1. The van der Waals surface area contributed by atoms with Crippen molar-refractivity contribution in [2.75, 3.05) is 33.4 Å². The normalized spacial score (nSPS) is 16.4. The van der Waals surface area contributed by atoms with Gasteiger partial charge in [-0.2, -0.15) is 0 Å². The average Bonchev–Trinajstić information content (AvgIpc) is 3.07. The highest BCUT2D eigenvalue weighted by molar-refractivity contribution is 5.80. The van der Waals surface area contributed by atoms with Crippen LogP contribution in [0.25, 0.3) is 0 Å². The van der Waals surface area contributed by atoms with E-state index in [-0.39, 0.29) is 12.6 Å². The first-order chi connectivity index (χ1) is 8.02. The maximum Gasteiger partial charge on any atom is 0.317 e. The maximum atomic E-state index is 11.6. The molecule has 6 nitrogen and oxygen atoms in total. The van der Waals surface area contributed by atoms with E-state index in [0.29, 0.717) is 32.6 Å². The number of likely N-dealkylation sites (N-methyl/N-ethyl adjacent to an activating group) is 1. The third-order valence-electron chi connectivity index (χ3n) is 3.01. The van der Waals surface area contributed by atoms with Crippen molar-refractivity contribution >= 4 is 12.0 Å². The Balaban J connectivity index is 2.22. The molecule has 0 aromatic carbocycles. The SMILES string of the molecule is CCOCCN(C)C(=O)NCC1(C(=O)O)CC1. The van der Waals surface area contributed by atoms with Crippen LogP contribution in [0.1, 0.15) is 19.8 Å². The van der Waals surface area contributed by atoms with Crippen molar-refractivity contribution in [3.05, 3.63) is 0 Å². The van der Waals surface area contributed by atoms with Crippen molar-refractivity contribution in [1.82, 2.24) is 10.2 Å². The van der Waals surface area contributed by atoms with Gasteiger partial charge in [0.05, 0.1) is 12.0 Å². The molecule has 0 unspecified atom stereocenters. The van der Waals surface area contributed by atoms with Gasteiger partial charge >= 0.3 is 12.0 Å². The first-order valence-electron chi connectivity index (χ1n) is 5.82. The molecule has 0 bridgehead atoms. The van der Waals surface area contributed by atoms with Crippen LogP contribution in [0.4, 0.5) is 4.79 Å². The van der Waals surface area contributed by atoms with Gasteiger partial charge in [0.2, 0.25) is 0 Å². The Labute approximate surface area is 101 Å². The number of rotatable bonds is 7. The Kier molecular flexibility index (Phi) is 4.74. The zero-order chi connectivity index (χ0) is 12.9. The predicted octanol–water partition coefficient (Wildman–Crippen LogP) is 0.529. The van der Waals surface area contributed by atoms with E-state index in [1.54, 1.807) is 7.05 Å². The van der Waals surface area contributed by atoms with Gasteiger partial charge < -0.3 is 20.1 Å². The number of urea groups is 1. The van der Waals surface area contributed by atoms with Crippen LogP contribution in [-0.4, -0.2) is 55.4 Å². The molecule has 1 saturated carbocycles. The Bertz CT molecular complexity index is 289. The third-order valence-corrected chi connectivity index (χ3v) is 3.01. The van der Waals surface area contributed by atoms with Gasteiger partial charge in [0.1, 0.15) is 0 Å². The van der Waals surface area contributed by atoms with Crippen LogP contribution in [0, 0.1) is 5.41 Å². The van der Waals surface area contributed by atoms with Crippen LogP contribution in [0.3, 0.4) is 0 Å². The Hall–Kier alpha value is -1.30. The first-order valence-corrected chi connectivity index (χ1v) is 5.82. The van der Waals surface area contributed by atoms with Crippen LogP contribution >= 0.6 is 0 Å². The Morgan fingerprint density at radius 2 is 2.12 bits per heavy atom. The summed E-state index contributed by atoms with van der Waals surface area (Å²) >= 11 is 0. The highest BCUT2D eigenvalue weighted by Gasteiger charge is 2.50. The molecular weight excluding hydrogens is 224 g/mol. The van der Waals surface area contributed by atoms with Crippen LogP contribution in [-0.2, 0) is 9.53 Å². The fraction of sp³-hybridized carbons (Fsp3) is 0.818. The molecule has 0 atom stereocenters. The summed E-state index contributed by atoms with van der Waals surface area (Å²) < 4.78 is 5.13. The van der Waals surface area contributed by atoms with Crippen molar-refractivity contribution in [3.8, 4) is 0 Å². The summed E-state index contributed by atoms with van der Waals surface area (Å²) in [6.45, 7) is 3.71. The Morgan fingerprint density at radius 1 is 1.47 bits per heavy atom. The highest BCUT2D eigenvalue weighted by atomic mass is 16.5. The smallest absolute Gasteiger partial charge is 0.317 e. The van der Waals surface area contributed by atoms with Crippen molar-refractivity contribution < 1.29 is 19.4 Å². The van der Waals surface area contributed by atoms with Crippen LogP contribution in [0.2, 0.25) is 0 Å². The summed E-state index contributed by atoms with van der Waals surface area (Å²) in [6, 6.07) is -0.253. The molecule has 0 aromatic heterocycles. The van der Waals surface area contributed by atoms with E-state index < -0.39 is 11.4 Å². The van der Waals surface area contributed by atoms with E-state index in [0.717, 1.165) is 0 Å². The molecule has 1 aliphatic rings. The van der Waals surface area contributed by atoms with Crippen molar-refractivity contribution in [2.45, 2.75) is 19.8 Å². The summed E-state index contributed by atoms with van der Waals surface area (Å²) in [5.74, 6) is -0.824. The van der Waals surface area contributed by atoms with E-state index in [1.807, 2.05) is 6.92 Å². The number of carbonyl (C=O) groups excluding carboxylic acids is 1. The van der Waals surface area contributed by atoms with Crippen molar-refractivity contribution in [2.24, 2.45) is 5.41 Å². The average molecular weight is 244 g/mol. The molecule has 1 rings (SSSR count). The monoisotopic (exact) mass is 244 g/mol. The second-order valence-corrected chi connectivity index (χ2v) is 4.36. The molecule has 0 heterocycles. The lowest BCUT2D eigenvalue weighted by Gasteiger charge is -2.19. The summed E-state index contributed by atoms with van der Waals surface area (Å²) in [6.07, 6.45) is 1.29. The number of nitrogens with zero attached hydrogens (tertiary/aromatic N) is 1. The summed E-state index contributed by atoms with van der Waals surface area (Å²) in [4.78, 5) is 24.0. The molecule has 1 fully saturated rings. The topological polar surface area (TPSA) is 78.9 Å². The van der Waals surface area contributed by atoms with Crippen LogP contribution in [0.15, 0.2) is 0 Å². The lowest BCUT2D eigenvalue weighted by molar-refractivity contribution is -0.143. The first kappa shape index (κ1) is 13.8. The lowest BCUT2D eigenvalue weighted by Crippen LogP contribution is -2.42. The number of carboxylic acids is 1. The fourth-order valence-electron chi connectivity index (χ4n) is 1.44. The van der Waals surface area contributed by atoms with Gasteiger partial charge in [0, 0.05) is 26.7 Å². The number of aliphatic carboxylic acids is 1. The number of amides is 2. The minimum absolute atomic E-state index is 0.208. The number of nitrogens with one attached hydrogen (secondary N) is 1. The number of hydrogen-bond acceptors (Lipinski definition) is 3. The second kappa shape index (κ2) is 5.86. The van der Waals surface area contributed by atoms with Crippen molar-refractivity contribution in [3.63, 3.8) is 0 Å². The summed E-state index contributed by atoms with van der Waals surface area (Å²) in [5, 5.41) is 11.6. The zero-order valence-electron chi connectivity index (χ0n) is 10.4. The fourth-order valence-corrected chi connectivity index (χ4v) is 1.44. The molecule has 17 heavy (non-hydrogen) atoms. The van der Waals surface area contributed by atoms with Gasteiger partial charge in [0.25, 0.3) is 0 Å². The summed E-state index contributed by atoms with van der Waals surface area (Å²) in [5.41, 5.74) is -0.712. The number of hydrogen-bond donors (Lipinski definition) is 2. The minimum Gasteiger partial charge on any atom is -0.481 e. The van der Waals surface area contributed by atoms with Gasteiger partial charge in [-0.3, -0.25) is 4.79 Å². The van der Waals surface area contributed by atoms with E-state index in [9.17, 15) is 9.59 Å². The summed E-state index contributed by atoms with van der Waals surface area (Å²) in [7, 11) is 1.66. The number of ether oxygens (including phenoxy) is 1. The second-order valence-electron chi connectivity index (χ2n) is 4.36. The van der Waals surface area contributed by atoms with Gasteiger partial charge in [-0.1, -0.05) is 0 Å². The molecule has 0 radical (unpaired) electrons. The number of carbonyl (C=O) groups is 2. The van der Waals surface area contributed by atoms with Gasteiger partial charge in [0.15, 0.2) is 0 Å². The molecule has 0 saturated heterocycles. The van der Waals surface area contributed by atoms with E-state index in [2.05, 4.69) is 5.32 Å². The van der Waals surface area contributed by atoms with Crippen molar-refractivity contribution in [1.29, 1.82) is 0 Å². The standard InChI is InChI=1S/C11H20N2O4/c1-3-17-7-6-13(2)10(16)12-8-11(4-5-11)9(14)15/h3-8H2,1-2H3,(H,12,16)(H,14,15). The highest BCUT2D eigenvalue weighted by Crippen LogP contribution is 2.45. The maximum absolute atomic E-state index is 11.6. The van der Waals surface area contributed by atoms with Gasteiger partial charge in [-0.25, -0.2) is 4.79 Å². The molecule has 0 aromatic rings. The molecule has 2 N–H and O–H groups in total. The van der Waals surface area contributed by atoms with E-state index >= 15 is 0 Å². The van der Waals surface area contributed by atoms with Gasteiger partial charge in [-0.15, -0.1) is 0 Å². The van der Waals surface area contributed by atoms with E-state index in [1.165, 1.54) is 4.90 Å². The van der Waals surface area contributed by atoms with Gasteiger partial charge in [-0.05, 0) is 19.8 Å². The molecule has 2 amide bonds. The molecule has 0 spiro atoms. The van der Waals surface area contributed by atoms with Crippen LogP contribution < -0.4 is 5.32 Å². The largest absolute Gasteiger partial charge is 0.481 e. The quantitative estimate of drug-likeness (QED) is 0.640. The molecule has 0 aliphatic heterocycles.